The molecule has 3 aromatic heterocycles. The number of hydrogen-bond acceptors (Lipinski definition) is 4. The van der Waals surface area contributed by atoms with Crippen molar-refractivity contribution in [3.8, 4) is 0 Å². The lowest BCUT2D eigenvalue weighted by Crippen LogP contribution is -2.09. The number of nitrogens with zero attached hydrogens (tertiary/aromatic N) is 5. The normalized spacial score (nSPS) is 11.7. The van der Waals surface area contributed by atoms with E-state index in [1.807, 2.05) is 11.5 Å². The molecule has 0 fully saturated rings. The van der Waals surface area contributed by atoms with Crippen molar-refractivity contribution < 1.29 is 4.74 Å². The molecule has 0 amide bonds. The topological polar surface area (TPSA) is 57.8 Å². The number of aromatic nitrogens is 5. The molecule has 27 heavy (non-hydrogen) atoms. The van der Waals surface area contributed by atoms with Crippen LogP contribution < -0.4 is 0 Å². The predicted octanol–water partition coefficient (Wildman–Crippen LogP) is 3.92. The first-order valence-corrected chi connectivity index (χ1v) is 8.99. The van der Waals surface area contributed by atoms with Crippen molar-refractivity contribution in [2.45, 2.75) is 20.2 Å². The molecule has 6 nitrogen and oxygen atoms in total. The largest absolute Gasteiger partial charge is 0.359 e. The van der Waals surface area contributed by atoms with E-state index in [1.165, 1.54) is 21.8 Å². The Balaban J connectivity index is 1.36. The van der Waals surface area contributed by atoms with Crippen LogP contribution in [0.15, 0.2) is 61.2 Å². The van der Waals surface area contributed by atoms with Gasteiger partial charge in [0.2, 0.25) is 0 Å². The van der Waals surface area contributed by atoms with Crippen LogP contribution in [0, 0.1) is 6.92 Å². The molecule has 5 aromatic rings. The summed E-state index contributed by atoms with van der Waals surface area (Å²) in [4.78, 5) is 12.9. The van der Waals surface area contributed by atoms with Crippen molar-refractivity contribution in [1.82, 2.24) is 24.1 Å². The van der Waals surface area contributed by atoms with Gasteiger partial charge < -0.3 is 9.30 Å². The summed E-state index contributed by atoms with van der Waals surface area (Å²) < 4.78 is 10.2. The third kappa shape index (κ3) is 2.65. The van der Waals surface area contributed by atoms with Gasteiger partial charge in [0.15, 0.2) is 5.65 Å². The molecule has 0 unspecified atom stereocenters. The van der Waals surface area contributed by atoms with Gasteiger partial charge in [0.05, 0.1) is 18.6 Å². The van der Waals surface area contributed by atoms with Gasteiger partial charge in [-0.1, -0.05) is 36.4 Å². The minimum Gasteiger partial charge on any atom is -0.359 e. The van der Waals surface area contributed by atoms with Crippen LogP contribution >= 0.6 is 0 Å². The van der Waals surface area contributed by atoms with Gasteiger partial charge in [-0.15, -0.1) is 0 Å². The zero-order chi connectivity index (χ0) is 18.2. The van der Waals surface area contributed by atoms with Crippen LogP contribution in [0.1, 0.15) is 5.69 Å². The average molecular weight is 357 g/mol. The van der Waals surface area contributed by atoms with Gasteiger partial charge in [-0.05, 0) is 19.1 Å². The molecular formula is C21H19N5O. The number of rotatable bonds is 5. The Morgan fingerprint density at radius 2 is 1.59 bits per heavy atom. The molecule has 0 aliphatic heterocycles. The van der Waals surface area contributed by atoms with E-state index in [0.29, 0.717) is 13.3 Å². The second-order valence-electron chi connectivity index (χ2n) is 6.57. The first kappa shape index (κ1) is 16.0. The van der Waals surface area contributed by atoms with Crippen LogP contribution in [0.4, 0.5) is 0 Å². The Bertz CT molecular complexity index is 1200. The van der Waals surface area contributed by atoms with Crippen LogP contribution in [0.2, 0.25) is 0 Å². The first-order valence-electron chi connectivity index (χ1n) is 8.99. The van der Waals surface area contributed by atoms with Crippen LogP contribution in [0.5, 0.6) is 0 Å². The number of hydrogen-bond donors (Lipinski definition) is 0. The Hall–Kier alpha value is -3.25. The molecule has 3 heterocycles. The molecule has 0 saturated heterocycles. The van der Waals surface area contributed by atoms with Gasteiger partial charge in [0, 0.05) is 28.4 Å². The SMILES string of the molecule is Cc1ncnc2c1ncn2COCCn1c2ccccc2c2ccccc21. The summed E-state index contributed by atoms with van der Waals surface area (Å²) in [6, 6.07) is 17.0. The summed E-state index contributed by atoms with van der Waals surface area (Å²) in [5.74, 6) is 0. The Morgan fingerprint density at radius 3 is 2.33 bits per heavy atom. The van der Waals surface area contributed by atoms with E-state index in [2.05, 4.69) is 68.0 Å². The molecule has 2 aromatic carbocycles. The van der Waals surface area contributed by atoms with Gasteiger partial charge in [-0.3, -0.25) is 4.57 Å². The van der Waals surface area contributed by atoms with E-state index in [-0.39, 0.29) is 0 Å². The van der Waals surface area contributed by atoms with E-state index in [1.54, 1.807) is 12.7 Å². The molecule has 134 valence electrons. The van der Waals surface area contributed by atoms with Crippen LogP contribution in [-0.2, 0) is 18.0 Å². The quantitative estimate of drug-likeness (QED) is 0.447. The Morgan fingerprint density at radius 1 is 0.889 bits per heavy atom. The Kier molecular flexibility index (Phi) is 3.83. The Labute approximate surface area is 156 Å². The fraction of sp³-hybridized carbons (Fsp3) is 0.190. The van der Waals surface area contributed by atoms with Crippen molar-refractivity contribution in [2.24, 2.45) is 0 Å². The number of fused-ring (bicyclic) bond motifs is 4. The van der Waals surface area contributed by atoms with Crippen LogP contribution in [0.25, 0.3) is 33.0 Å². The molecule has 6 heteroatoms. The maximum Gasteiger partial charge on any atom is 0.165 e. The molecule has 0 bridgehead atoms. The van der Waals surface area contributed by atoms with E-state index in [0.717, 1.165) is 23.4 Å². The fourth-order valence-corrected chi connectivity index (χ4v) is 3.66. The molecule has 0 atom stereocenters. The van der Waals surface area contributed by atoms with E-state index < -0.39 is 0 Å². The van der Waals surface area contributed by atoms with Crippen molar-refractivity contribution in [2.75, 3.05) is 6.61 Å². The molecule has 0 radical (unpaired) electrons. The highest BCUT2D eigenvalue weighted by atomic mass is 16.5. The third-order valence-corrected chi connectivity index (χ3v) is 4.95. The highest BCUT2D eigenvalue weighted by Gasteiger charge is 2.10. The summed E-state index contributed by atoms with van der Waals surface area (Å²) in [5, 5.41) is 2.56. The minimum atomic E-state index is 0.421. The third-order valence-electron chi connectivity index (χ3n) is 4.95. The highest BCUT2D eigenvalue weighted by Crippen LogP contribution is 2.28. The van der Waals surface area contributed by atoms with Crippen molar-refractivity contribution >= 4 is 33.0 Å². The van der Waals surface area contributed by atoms with Gasteiger partial charge in [-0.25, -0.2) is 15.0 Å². The van der Waals surface area contributed by atoms with Gasteiger partial charge in [0.25, 0.3) is 0 Å². The molecule has 0 N–H and O–H groups in total. The summed E-state index contributed by atoms with van der Waals surface area (Å²) in [6.45, 7) is 3.75. The van der Waals surface area contributed by atoms with Gasteiger partial charge in [-0.2, -0.15) is 0 Å². The standard InChI is InChI=1S/C21H19N5O/c1-15-20-21(23-12-22-15)25(13-24-20)14-27-11-10-26-18-8-4-2-6-16(18)17-7-3-5-9-19(17)26/h2-9,12-13H,10-11,14H2,1H3. The zero-order valence-electron chi connectivity index (χ0n) is 15.0. The maximum absolute atomic E-state index is 5.94. The summed E-state index contributed by atoms with van der Waals surface area (Å²) in [7, 11) is 0. The van der Waals surface area contributed by atoms with Crippen molar-refractivity contribution in [1.29, 1.82) is 0 Å². The predicted molar refractivity (Wildman–Crippen MR) is 105 cm³/mol. The molecule has 0 aliphatic rings. The van der Waals surface area contributed by atoms with E-state index >= 15 is 0 Å². The molecular weight excluding hydrogens is 338 g/mol. The monoisotopic (exact) mass is 357 g/mol. The van der Waals surface area contributed by atoms with E-state index in [4.69, 9.17) is 4.74 Å². The van der Waals surface area contributed by atoms with E-state index in [9.17, 15) is 0 Å². The van der Waals surface area contributed by atoms with Gasteiger partial charge in [0.1, 0.15) is 18.6 Å². The number of benzene rings is 2. The lowest BCUT2D eigenvalue weighted by Gasteiger charge is -2.09. The second-order valence-corrected chi connectivity index (χ2v) is 6.57. The van der Waals surface area contributed by atoms with Crippen molar-refractivity contribution in [3.63, 3.8) is 0 Å². The average Bonchev–Trinajstić information content (AvgIpc) is 3.26. The number of para-hydroxylation sites is 2. The van der Waals surface area contributed by atoms with Gasteiger partial charge >= 0.3 is 0 Å². The second kappa shape index (κ2) is 6.48. The first-order chi connectivity index (χ1) is 13.3. The highest BCUT2D eigenvalue weighted by molar-refractivity contribution is 6.07. The lowest BCUT2D eigenvalue weighted by atomic mass is 10.2. The van der Waals surface area contributed by atoms with Crippen LogP contribution in [0.3, 0.4) is 0 Å². The fourth-order valence-electron chi connectivity index (χ4n) is 3.66. The van der Waals surface area contributed by atoms with Crippen LogP contribution in [-0.4, -0.2) is 30.7 Å². The minimum absolute atomic E-state index is 0.421. The summed E-state index contributed by atoms with van der Waals surface area (Å²) in [5.41, 5.74) is 4.98. The zero-order valence-corrected chi connectivity index (χ0v) is 15.0. The van der Waals surface area contributed by atoms with Crippen molar-refractivity contribution in [3.05, 3.63) is 66.9 Å². The number of aryl methyl sites for hydroxylation is 1. The number of ether oxygens (including phenoxy) is 1. The molecule has 0 saturated carbocycles. The lowest BCUT2D eigenvalue weighted by molar-refractivity contribution is 0.0742. The molecule has 5 rings (SSSR count). The smallest absolute Gasteiger partial charge is 0.165 e. The molecule has 0 aliphatic carbocycles. The molecule has 0 spiro atoms. The number of imidazole rings is 1. The summed E-state index contributed by atoms with van der Waals surface area (Å²) in [6.07, 6.45) is 3.32. The summed E-state index contributed by atoms with van der Waals surface area (Å²) >= 11 is 0. The maximum atomic E-state index is 5.94.